The molecule has 1 atom stereocenters. The van der Waals surface area contributed by atoms with Gasteiger partial charge in [-0.3, -0.25) is 0 Å². The molecule has 0 aromatic heterocycles. The van der Waals surface area contributed by atoms with Crippen molar-refractivity contribution < 1.29 is 9.47 Å². The molecule has 1 aromatic carbocycles. The van der Waals surface area contributed by atoms with Gasteiger partial charge >= 0.3 is 0 Å². The average Bonchev–Trinajstić information content (AvgIpc) is 2.90. The van der Waals surface area contributed by atoms with E-state index in [2.05, 4.69) is 11.8 Å². The first kappa shape index (κ1) is 13.1. The zero-order chi connectivity index (χ0) is 12.6. The van der Waals surface area contributed by atoms with Gasteiger partial charge in [0.25, 0.3) is 0 Å². The maximum atomic E-state index is 5.67. The van der Waals surface area contributed by atoms with Gasteiger partial charge in [0.05, 0.1) is 25.9 Å². The van der Waals surface area contributed by atoms with E-state index >= 15 is 0 Å². The number of hydrogen-bond donors (Lipinski definition) is 1. The molecule has 2 rings (SSSR count). The molecule has 1 aromatic rings. The fourth-order valence-electron chi connectivity index (χ4n) is 1.98. The Balaban J connectivity index is 1.81. The van der Waals surface area contributed by atoms with Crippen molar-refractivity contribution >= 4 is 0 Å². The Morgan fingerprint density at radius 3 is 3.17 bits per heavy atom. The lowest BCUT2D eigenvalue weighted by Crippen LogP contribution is -2.13. The van der Waals surface area contributed by atoms with Crippen LogP contribution in [0.15, 0.2) is 24.3 Å². The molecule has 3 heteroatoms. The second-order valence-corrected chi connectivity index (χ2v) is 4.36. The van der Waals surface area contributed by atoms with Crippen LogP contribution in [0.5, 0.6) is 0 Å². The number of rotatable bonds is 4. The molecule has 0 bridgehead atoms. The van der Waals surface area contributed by atoms with E-state index in [1.54, 1.807) is 0 Å². The molecule has 0 amide bonds. The van der Waals surface area contributed by atoms with E-state index in [-0.39, 0.29) is 6.10 Å². The Morgan fingerprint density at radius 2 is 2.39 bits per heavy atom. The smallest absolute Gasteiger partial charge is 0.0809 e. The molecule has 0 radical (unpaired) electrons. The highest BCUT2D eigenvalue weighted by molar-refractivity contribution is 5.37. The van der Waals surface area contributed by atoms with Crippen LogP contribution < -0.4 is 5.73 Å². The summed E-state index contributed by atoms with van der Waals surface area (Å²) in [6, 6.07) is 8.05. The summed E-state index contributed by atoms with van der Waals surface area (Å²) in [6.07, 6.45) is 2.55. The molecule has 1 fully saturated rings. The van der Waals surface area contributed by atoms with Crippen molar-refractivity contribution in [2.24, 2.45) is 5.73 Å². The minimum Gasteiger partial charge on any atom is -0.376 e. The molecule has 96 valence electrons. The SMILES string of the molecule is NCC#Cc1cccc(COCC2CCCO2)c1. The van der Waals surface area contributed by atoms with E-state index in [4.69, 9.17) is 15.2 Å². The Hall–Kier alpha value is -1.34. The number of nitrogens with two attached hydrogens (primary N) is 1. The molecule has 1 aliphatic rings. The van der Waals surface area contributed by atoms with E-state index in [0.717, 1.165) is 30.6 Å². The van der Waals surface area contributed by atoms with Gasteiger partial charge in [-0.05, 0) is 30.5 Å². The first-order valence-electron chi connectivity index (χ1n) is 6.35. The second kappa shape index (κ2) is 7.17. The molecule has 0 saturated carbocycles. The van der Waals surface area contributed by atoms with Gasteiger partial charge in [-0.1, -0.05) is 24.0 Å². The molecular formula is C15H19NO2. The van der Waals surface area contributed by atoms with E-state index in [0.29, 0.717) is 19.8 Å². The molecule has 0 spiro atoms. The van der Waals surface area contributed by atoms with Crippen molar-refractivity contribution in [1.29, 1.82) is 0 Å². The van der Waals surface area contributed by atoms with Crippen LogP contribution in [0.4, 0.5) is 0 Å². The van der Waals surface area contributed by atoms with Crippen LogP contribution in [0, 0.1) is 11.8 Å². The summed E-state index contributed by atoms with van der Waals surface area (Å²) in [6.45, 7) is 2.55. The van der Waals surface area contributed by atoms with Gasteiger partial charge in [0.15, 0.2) is 0 Å². The first-order valence-corrected chi connectivity index (χ1v) is 6.35. The van der Waals surface area contributed by atoms with E-state index in [9.17, 15) is 0 Å². The summed E-state index contributed by atoms with van der Waals surface area (Å²) in [7, 11) is 0. The van der Waals surface area contributed by atoms with Gasteiger partial charge < -0.3 is 15.2 Å². The van der Waals surface area contributed by atoms with Gasteiger partial charge in [-0.25, -0.2) is 0 Å². The van der Waals surface area contributed by atoms with Gasteiger partial charge in [-0.2, -0.15) is 0 Å². The fourth-order valence-corrected chi connectivity index (χ4v) is 1.98. The lowest BCUT2D eigenvalue weighted by molar-refractivity contribution is 0.0106. The molecular weight excluding hydrogens is 226 g/mol. The van der Waals surface area contributed by atoms with Crippen LogP contribution >= 0.6 is 0 Å². The normalized spacial score (nSPS) is 18.4. The number of benzene rings is 1. The van der Waals surface area contributed by atoms with Crippen molar-refractivity contribution in [1.82, 2.24) is 0 Å². The summed E-state index contributed by atoms with van der Waals surface area (Å²) in [4.78, 5) is 0. The first-order chi connectivity index (χ1) is 8.88. The van der Waals surface area contributed by atoms with Crippen LogP contribution in [-0.2, 0) is 16.1 Å². The quantitative estimate of drug-likeness (QED) is 0.821. The average molecular weight is 245 g/mol. The molecule has 3 nitrogen and oxygen atoms in total. The molecule has 1 saturated heterocycles. The minimum atomic E-state index is 0.283. The Kier molecular flexibility index (Phi) is 5.22. The summed E-state index contributed by atoms with van der Waals surface area (Å²) in [5, 5.41) is 0. The molecule has 1 unspecified atom stereocenters. The van der Waals surface area contributed by atoms with Gasteiger partial charge in [-0.15, -0.1) is 0 Å². The van der Waals surface area contributed by atoms with Crippen LogP contribution in [0.25, 0.3) is 0 Å². The summed E-state index contributed by atoms with van der Waals surface area (Å²) >= 11 is 0. The molecule has 2 N–H and O–H groups in total. The molecule has 1 heterocycles. The summed E-state index contributed by atoms with van der Waals surface area (Å²) in [5.41, 5.74) is 7.47. The Morgan fingerprint density at radius 1 is 1.44 bits per heavy atom. The summed E-state index contributed by atoms with van der Waals surface area (Å²) < 4.78 is 11.2. The Bertz CT molecular complexity index is 428. The maximum Gasteiger partial charge on any atom is 0.0809 e. The second-order valence-electron chi connectivity index (χ2n) is 4.36. The maximum absolute atomic E-state index is 5.67. The van der Waals surface area contributed by atoms with Crippen molar-refractivity contribution in [3.63, 3.8) is 0 Å². The highest BCUT2D eigenvalue weighted by Crippen LogP contribution is 2.13. The summed E-state index contributed by atoms with van der Waals surface area (Å²) in [5.74, 6) is 5.87. The van der Waals surface area contributed by atoms with Crippen LogP contribution in [0.2, 0.25) is 0 Å². The third-order valence-electron chi connectivity index (χ3n) is 2.86. The standard InChI is InChI=1S/C15H19NO2/c16-8-2-6-13-4-1-5-14(10-13)11-17-12-15-7-3-9-18-15/h1,4-5,10,15H,3,7-9,11-12,16H2. The highest BCUT2D eigenvalue weighted by atomic mass is 16.5. The van der Waals surface area contributed by atoms with Crippen molar-refractivity contribution in [2.75, 3.05) is 19.8 Å². The Labute approximate surface area is 108 Å². The highest BCUT2D eigenvalue weighted by Gasteiger charge is 2.15. The number of ether oxygens (including phenoxy) is 2. The lowest BCUT2D eigenvalue weighted by Gasteiger charge is -2.10. The molecule has 0 aliphatic carbocycles. The van der Waals surface area contributed by atoms with Crippen molar-refractivity contribution in [3.8, 4) is 11.8 Å². The van der Waals surface area contributed by atoms with Crippen LogP contribution in [0.3, 0.4) is 0 Å². The predicted molar refractivity (Wildman–Crippen MR) is 71.0 cm³/mol. The third kappa shape index (κ3) is 4.15. The zero-order valence-electron chi connectivity index (χ0n) is 10.5. The van der Waals surface area contributed by atoms with E-state index < -0.39 is 0 Å². The monoisotopic (exact) mass is 245 g/mol. The predicted octanol–water partition coefficient (Wildman–Crippen LogP) is 1.69. The minimum absolute atomic E-state index is 0.283. The number of hydrogen-bond acceptors (Lipinski definition) is 3. The van der Waals surface area contributed by atoms with Gasteiger partial charge in [0.2, 0.25) is 0 Å². The van der Waals surface area contributed by atoms with Crippen molar-refractivity contribution in [2.45, 2.75) is 25.6 Å². The lowest BCUT2D eigenvalue weighted by atomic mass is 10.1. The van der Waals surface area contributed by atoms with Gasteiger partial charge in [0, 0.05) is 12.2 Å². The largest absolute Gasteiger partial charge is 0.376 e. The van der Waals surface area contributed by atoms with Crippen LogP contribution in [0.1, 0.15) is 24.0 Å². The van der Waals surface area contributed by atoms with E-state index in [1.165, 1.54) is 0 Å². The van der Waals surface area contributed by atoms with Crippen molar-refractivity contribution in [3.05, 3.63) is 35.4 Å². The molecule has 18 heavy (non-hydrogen) atoms. The van der Waals surface area contributed by atoms with Crippen LogP contribution in [-0.4, -0.2) is 25.9 Å². The van der Waals surface area contributed by atoms with E-state index in [1.807, 2.05) is 24.3 Å². The van der Waals surface area contributed by atoms with Gasteiger partial charge in [0.1, 0.15) is 0 Å². The zero-order valence-corrected chi connectivity index (χ0v) is 10.5. The topological polar surface area (TPSA) is 44.5 Å². The fraction of sp³-hybridized carbons (Fsp3) is 0.467. The third-order valence-corrected chi connectivity index (χ3v) is 2.86. The molecule has 1 aliphatic heterocycles.